The van der Waals surface area contributed by atoms with Crippen molar-refractivity contribution in [2.45, 2.75) is 42.7 Å². The number of anilines is 1. The van der Waals surface area contributed by atoms with E-state index in [1.54, 1.807) is 0 Å². The monoisotopic (exact) mass is 298 g/mol. The van der Waals surface area contributed by atoms with Crippen molar-refractivity contribution in [2.75, 3.05) is 25.0 Å². The number of hydrogen-bond donors (Lipinski definition) is 2. The van der Waals surface area contributed by atoms with Crippen LogP contribution in [0.5, 0.6) is 0 Å². The molecule has 5 rings (SSSR count). The highest BCUT2D eigenvalue weighted by Crippen LogP contribution is 2.61. The highest BCUT2D eigenvalue weighted by atomic mass is 16.3. The lowest BCUT2D eigenvalue weighted by atomic mass is 9.50. The molecular formula is C18H22N2O2. The fourth-order valence-corrected chi connectivity index (χ4v) is 6.11. The number of hydrogen-bond acceptors (Lipinski definition) is 4. The second-order valence-corrected chi connectivity index (χ2v) is 7.46. The Hall–Kier alpha value is -1.39. The van der Waals surface area contributed by atoms with Gasteiger partial charge < -0.3 is 10.4 Å². The summed E-state index contributed by atoms with van der Waals surface area (Å²) in [5.41, 5.74) is 1.84. The van der Waals surface area contributed by atoms with E-state index >= 15 is 0 Å². The maximum Gasteiger partial charge on any atom is 0.145 e. The van der Waals surface area contributed by atoms with Crippen molar-refractivity contribution in [3.05, 3.63) is 29.8 Å². The number of ketones is 1. The summed E-state index contributed by atoms with van der Waals surface area (Å²) in [4.78, 5) is 15.7. The molecule has 2 N–H and O–H groups in total. The van der Waals surface area contributed by atoms with Gasteiger partial charge in [0.05, 0.1) is 11.0 Å². The summed E-state index contributed by atoms with van der Waals surface area (Å²) in [7, 11) is 0. The van der Waals surface area contributed by atoms with Crippen LogP contribution < -0.4 is 5.32 Å². The lowest BCUT2D eigenvalue weighted by Crippen LogP contribution is -2.75. The van der Waals surface area contributed by atoms with Crippen LogP contribution in [0.4, 0.5) is 5.69 Å². The van der Waals surface area contributed by atoms with Gasteiger partial charge in [-0.05, 0) is 49.9 Å². The van der Waals surface area contributed by atoms with Crippen LogP contribution in [0.3, 0.4) is 0 Å². The Bertz CT molecular complexity index is 660. The van der Waals surface area contributed by atoms with E-state index in [2.05, 4.69) is 28.4 Å². The molecule has 0 spiro atoms. The number of Topliss-reactive ketones (excluding diaryl/α,β-unsaturated/α-hetero) is 1. The minimum atomic E-state index is -0.339. The van der Waals surface area contributed by atoms with E-state index in [1.165, 1.54) is 5.56 Å². The summed E-state index contributed by atoms with van der Waals surface area (Å²) in [5, 5.41) is 13.5. The number of carbonyl (C=O) groups excluding carboxylic acids is 1. The quantitative estimate of drug-likeness (QED) is 0.869. The molecule has 0 amide bonds. The van der Waals surface area contributed by atoms with Crippen molar-refractivity contribution in [3.8, 4) is 0 Å². The fraction of sp³-hybridized carbons (Fsp3) is 0.611. The van der Waals surface area contributed by atoms with Gasteiger partial charge in [0.25, 0.3) is 0 Å². The van der Waals surface area contributed by atoms with Crippen LogP contribution in [0.1, 0.15) is 31.2 Å². The van der Waals surface area contributed by atoms with Gasteiger partial charge in [-0.3, -0.25) is 9.69 Å². The first kappa shape index (κ1) is 13.1. The highest BCUT2D eigenvalue weighted by Gasteiger charge is 2.70. The molecule has 22 heavy (non-hydrogen) atoms. The van der Waals surface area contributed by atoms with E-state index in [9.17, 15) is 9.90 Å². The fourth-order valence-electron chi connectivity index (χ4n) is 6.11. The number of piperidine rings is 1. The molecule has 0 aromatic heterocycles. The van der Waals surface area contributed by atoms with E-state index in [4.69, 9.17) is 0 Å². The van der Waals surface area contributed by atoms with E-state index < -0.39 is 0 Å². The minimum absolute atomic E-state index is 0.133. The average Bonchev–Trinajstić information content (AvgIpc) is 2.94. The Labute approximate surface area is 130 Å². The lowest BCUT2D eigenvalue weighted by Gasteiger charge is -2.63. The molecule has 4 unspecified atom stereocenters. The number of aliphatic hydroxyl groups excluding tert-OH is 1. The molecule has 1 saturated carbocycles. The number of aliphatic hydroxyl groups is 1. The Morgan fingerprint density at radius 3 is 3.05 bits per heavy atom. The average molecular weight is 298 g/mol. The minimum Gasteiger partial charge on any atom is -0.396 e. The predicted octanol–water partition coefficient (Wildman–Crippen LogP) is 1.54. The Morgan fingerprint density at radius 2 is 2.18 bits per heavy atom. The summed E-state index contributed by atoms with van der Waals surface area (Å²) in [6, 6.07) is 8.57. The molecule has 116 valence electrons. The Morgan fingerprint density at radius 1 is 1.32 bits per heavy atom. The third-order valence-corrected chi connectivity index (χ3v) is 6.84. The Kier molecular flexibility index (Phi) is 2.45. The van der Waals surface area contributed by atoms with Gasteiger partial charge in [0.2, 0.25) is 0 Å². The van der Waals surface area contributed by atoms with Crippen molar-refractivity contribution in [1.29, 1.82) is 0 Å². The molecule has 3 fully saturated rings. The smallest absolute Gasteiger partial charge is 0.145 e. The van der Waals surface area contributed by atoms with Crippen LogP contribution in [-0.2, 0) is 10.2 Å². The zero-order chi connectivity index (χ0) is 14.9. The zero-order valence-electron chi connectivity index (χ0n) is 12.7. The van der Waals surface area contributed by atoms with E-state index in [1.807, 2.05) is 6.07 Å². The summed E-state index contributed by atoms with van der Waals surface area (Å²) >= 11 is 0. The summed E-state index contributed by atoms with van der Waals surface area (Å²) in [5.74, 6) is 0.792. The number of benzene rings is 1. The normalized spacial score (nSPS) is 42.0. The van der Waals surface area contributed by atoms with Crippen molar-refractivity contribution in [2.24, 2.45) is 5.92 Å². The number of fused-ring (bicyclic) bond motifs is 1. The largest absolute Gasteiger partial charge is 0.396 e. The summed E-state index contributed by atoms with van der Waals surface area (Å²) < 4.78 is 0. The molecule has 2 saturated heterocycles. The van der Waals surface area contributed by atoms with Gasteiger partial charge in [-0.1, -0.05) is 18.2 Å². The molecule has 4 atom stereocenters. The molecular weight excluding hydrogens is 276 g/mol. The molecule has 0 radical (unpaired) electrons. The molecule has 3 heterocycles. The maximum absolute atomic E-state index is 13.2. The van der Waals surface area contributed by atoms with Crippen molar-refractivity contribution < 1.29 is 9.90 Å². The standard InChI is InChI=1S/C18H22N2O2/c21-10-7-18-12-5-8-20-9-6-17(16(18)20,15(22)11-12)13-3-1-2-4-14(13)19-18/h1-4,12,16,19,21H,5-11H2. The van der Waals surface area contributed by atoms with Crippen LogP contribution in [0.25, 0.3) is 0 Å². The second-order valence-electron chi connectivity index (χ2n) is 7.46. The molecule has 1 aromatic rings. The topological polar surface area (TPSA) is 52.6 Å². The van der Waals surface area contributed by atoms with Gasteiger partial charge in [-0.15, -0.1) is 0 Å². The lowest BCUT2D eigenvalue weighted by molar-refractivity contribution is -0.137. The molecule has 4 heteroatoms. The van der Waals surface area contributed by atoms with Crippen LogP contribution in [0, 0.1) is 5.92 Å². The molecule has 4 nitrogen and oxygen atoms in total. The van der Waals surface area contributed by atoms with Gasteiger partial charge in [-0.25, -0.2) is 0 Å². The van der Waals surface area contributed by atoms with Crippen LogP contribution >= 0.6 is 0 Å². The van der Waals surface area contributed by atoms with Crippen molar-refractivity contribution >= 4 is 11.5 Å². The first-order chi connectivity index (χ1) is 10.7. The van der Waals surface area contributed by atoms with Gasteiger partial charge in [0.15, 0.2) is 0 Å². The first-order valence-electron chi connectivity index (χ1n) is 8.48. The molecule has 3 aliphatic heterocycles. The summed E-state index contributed by atoms with van der Waals surface area (Å²) in [6.07, 6.45) is 3.41. The van der Waals surface area contributed by atoms with E-state index in [0.717, 1.165) is 38.0 Å². The summed E-state index contributed by atoms with van der Waals surface area (Å²) in [6.45, 7) is 2.29. The first-order valence-corrected chi connectivity index (χ1v) is 8.48. The number of carbonyl (C=O) groups is 1. The van der Waals surface area contributed by atoms with Crippen molar-refractivity contribution in [1.82, 2.24) is 4.90 Å². The predicted molar refractivity (Wildman–Crippen MR) is 83.9 cm³/mol. The molecule has 1 aromatic carbocycles. The number of rotatable bonds is 2. The zero-order valence-corrected chi connectivity index (χ0v) is 12.7. The van der Waals surface area contributed by atoms with Gasteiger partial charge in [0, 0.05) is 24.8 Å². The van der Waals surface area contributed by atoms with Crippen molar-refractivity contribution in [3.63, 3.8) is 0 Å². The highest BCUT2D eigenvalue weighted by molar-refractivity contribution is 5.97. The maximum atomic E-state index is 13.2. The van der Waals surface area contributed by atoms with E-state index in [0.29, 0.717) is 18.1 Å². The number of para-hydroxylation sites is 1. The third kappa shape index (κ3) is 1.26. The van der Waals surface area contributed by atoms with Crippen LogP contribution in [0.15, 0.2) is 24.3 Å². The van der Waals surface area contributed by atoms with E-state index in [-0.39, 0.29) is 23.6 Å². The second kappa shape index (κ2) is 4.12. The number of nitrogens with zero attached hydrogens (tertiary/aromatic N) is 1. The van der Waals surface area contributed by atoms with Gasteiger partial charge in [0.1, 0.15) is 5.78 Å². The van der Waals surface area contributed by atoms with Crippen LogP contribution in [0.2, 0.25) is 0 Å². The molecule has 4 bridgehead atoms. The van der Waals surface area contributed by atoms with Crippen LogP contribution in [-0.4, -0.2) is 47.1 Å². The Balaban J connectivity index is 1.82. The van der Waals surface area contributed by atoms with Gasteiger partial charge >= 0.3 is 0 Å². The number of nitrogens with one attached hydrogen (secondary N) is 1. The van der Waals surface area contributed by atoms with Gasteiger partial charge in [-0.2, -0.15) is 0 Å². The molecule has 1 aliphatic carbocycles. The SMILES string of the molecule is O=C1CC2CCN3CCC14c1ccccc1NC2(CCO)C34. The third-order valence-electron chi connectivity index (χ3n) is 6.84. The molecule has 4 aliphatic rings.